The first-order chi connectivity index (χ1) is 8.85. The third-order valence-electron chi connectivity index (χ3n) is 2.81. The third kappa shape index (κ3) is 5.60. The van der Waals surface area contributed by atoms with Crippen molar-refractivity contribution in [2.24, 2.45) is 5.92 Å². The molecule has 0 aromatic carbocycles. The van der Waals surface area contributed by atoms with Gasteiger partial charge in [-0.15, -0.1) is 11.3 Å². The van der Waals surface area contributed by atoms with Gasteiger partial charge in [0.15, 0.2) is 0 Å². The van der Waals surface area contributed by atoms with E-state index in [9.17, 15) is 8.42 Å². The number of rotatable bonds is 8. The van der Waals surface area contributed by atoms with Crippen LogP contribution >= 0.6 is 11.3 Å². The van der Waals surface area contributed by atoms with E-state index in [2.05, 4.69) is 23.9 Å². The molecule has 0 fully saturated rings. The van der Waals surface area contributed by atoms with Crippen molar-refractivity contribution in [1.82, 2.24) is 10.0 Å². The Kier molecular flexibility index (Phi) is 6.46. The molecular formula is C13H24N2O2S2. The number of hydrogen-bond acceptors (Lipinski definition) is 4. The largest absolute Gasteiger partial charge is 0.316 e. The molecule has 1 aromatic rings. The number of nitrogens with one attached hydrogen (secondary N) is 2. The number of thiophene rings is 1. The van der Waals surface area contributed by atoms with E-state index in [-0.39, 0.29) is 6.04 Å². The van der Waals surface area contributed by atoms with Gasteiger partial charge >= 0.3 is 0 Å². The first-order valence-electron chi connectivity index (χ1n) is 6.59. The van der Waals surface area contributed by atoms with Crippen LogP contribution in [0.2, 0.25) is 0 Å². The molecule has 0 aliphatic rings. The Morgan fingerprint density at radius 3 is 2.53 bits per heavy atom. The van der Waals surface area contributed by atoms with Crippen molar-refractivity contribution in [1.29, 1.82) is 0 Å². The molecule has 0 aliphatic heterocycles. The molecule has 1 heterocycles. The Hall–Kier alpha value is -0.430. The fourth-order valence-electron chi connectivity index (χ4n) is 1.76. The molecule has 0 aliphatic carbocycles. The molecule has 0 saturated heterocycles. The van der Waals surface area contributed by atoms with E-state index in [1.165, 1.54) is 11.3 Å². The molecule has 110 valence electrons. The molecule has 1 aromatic heterocycles. The van der Waals surface area contributed by atoms with Gasteiger partial charge in [0.05, 0.1) is 0 Å². The molecule has 4 nitrogen and oxygen atoms in total. The highest BCUT2D eigenvalue weighted by Crippen LogP contribution is 2.21. The van der Waals surface area contributed by atoms with E-state index >= 15 is 0 Å². The van der Waals surface area contributed by atoms with Crippen LogP contribution in [-0.2, 0) is 16.6 Å². The van der Waals surface area contributed by atoms with Gasteiger partial charge in [0.1, 0.15) is 4.21 Å². The topological polar surface area (TPSA) is 58.2 Å². The maximum Gasteiger partial charge on any atom is 0.250 e. The van der Waals surface area contributed by atoms with Crippen LogP contribution in [0.5, 0.6) is 0 Å². The summed E-state index contributed by atoms with van der Waals surface area (Å²) >= 11 is 1.27. The van der Waals surface area contributed by atoms with Crippen LogP contribution in [-0.4, -0.2) is 21.5 Å². The standard InChI is InChI=1S/C13H24N2O2S2/c1-10(2)5-6-11(3)15-19(16,17)13-7-12(8-14-4)9-18-13/h7,9-11,14-15H,5-6,8H2,1-4H3. The molecule has 1 atom stereocenters. The summed E-state index contributed by atoms with van der Waals surface area (Å²) < 4.78 is 27.5. The van der Waals surface area contributed by atoms with Crippen molar-refractivity contribution in [2.75, 3.05) is 7.05 Å². The second kappa shape index (κ2) is 7.38. The first kappa shape index (κ1) is 16.6. The Morgan fingerprint density at radius 2 is 1.95 bits per heavy atom. The summed E-state index contributed by atoms with van der Waals surface area (Å²) in [4.78, 5) is 0. The zero-order chi connectivity index (χ0) is 14.5. The van der Waals surface area contributed by atoms with Crippen molar-refractivity contribution in [3.8, 4) is 0 Å². The van der Waals surface area contributed by atoms with Crippen LogP contribution in [0.15, 0.2) is 15.7 Å². The Morgan fingerprint density at radius 1 is 1.26 bits per heavy atom. The Labute approximate surface area is 120 Å². The van der Waals surface area contributed by atoms with Gasteiger partial charge in [-0.3, -0.25) is 0 Å². The molecule has 0 spiro atoms. The van der Waals surface area contributed by atoms with E-state index in [0.717, 1.165) is 18.4 Å². The van der Waals surface area contributed by atoms with Crippen LogP contribution in [0, 0.1) is 5.92 Å². The van der Waals surface area contributed by atoms with Crippen LogP contribution < -0.4 is 10.0 Å². The Balaban J connectivity index is 2.64. The molecular weight excluding hydrogens is 280 g/mol. The fraction of sp³-hybridized carbons (Fsp3) is 0.692. The smallest absolute Gasteiger partial charge is 0.250 e. The van der Waals surface area contributed by atoms with Crippen molar-refractivity contribution in [2.45, 2.75) is 50.4 Å². The quantitative estimate of drug-likeness (QED) is 0.776. The second-order valence-electron chi connectivity index (χ2n) is 5.30. The van der Waals surface area contributed by atoms with Crippen LogP contribution in [0.1, 0.15) is 39.2 Å². The van der Waals surface area contributed by atoms with Crippen molar-refractivity contribution in [3.63, 3.8) is 0 Å². The lowest BCUT2D eigenvalue weighted by molar-refractivity contribution is 0.486. The molecule has 0 amide bonds. The highest BCUT2D eigenvalue weighted by molar-refractivity contribution is 7.91. The van der Waals surface area contributed by atoms with Gasteiger partial charge in [0.2, 0.25) is 10.0 Å². The zero-order valence-corrected chi connectivity index (χ0v) is 13.7. The van der Waals surface area contributed by atoms with Crippen molar-refractivity contribution < 1.29 is 8.42 Å². The summed E-state index contributed by atoms with van der Waals surface area (Å²) in [6.07, 6.45) is 1.89. The molecule has 1 rings (SSSR count). The summed E-state index contributed by atoms with van der Waals surface area (Å²) in [5, 5.41) is 4.89. The van der Waals surface area contributed by atoms with Gasteiger partial charge < -0.3 is 5.32 Å². The minimum Gasteiger partial charge on any atom is -0.316 e. The Bertz CT molecular complexity index is 481. The summed E-state index contributed by atoms with van der Waals surface area (Å²) in [6, 6.07) is 1.71. The first-order valence-corrected chi connectivity index (χ1v) is 8.95. The maximum absolute atomic E-state index is 12.2. The summed E-state index contributed by atoms with van der Waals surface area (Å²) in [7, 11) is -1.52. The second-order valence-corrected chi connectivity index (χ2v) is 8.15. The molecule has 0 radical (unpaired) electrons. The van der Waals surface area contributed by atoms with Crippen LogP contribution in [0.3, 0.4) is 0 Å². The fourth-order valence-corrected chi connectivity index (χ4v) is 4.26. The average Bonchev–Trinajstić information content (AvgIpc) is 2.76. The lowest BCUT2D eigenvalue weighted by atomic mass is 10.1. The van der Waals surface area contributed by atoms with Crippen molar-refractivity contribution >= 4 is 21.4 Å². The van der Waals surface area contributed by atoms with Gasteiger partial charge in [-0.05, 0) is 49.7 Å². The summed E-state index contributed by atoms with van der Waals surface area (Å²) in [5.41, 5.74) is 1.00. The monoisotopic (exact) mass is 304 g/mol. The van der Waals surface area contributed by atoms with E-state index < -0.39 is 10.0 Å². The van der Waals surface area contributed by atoms with E-state index in [4.69, 9.17) is 0 Å². The van der Waals surface area contributed by atoms with E-state index in [1.54, 1.807) is 6.07 Å². The van der Waals surface area contributed by atoms with E-state index in [0.29, 0.717) is 16.7 Å². The molecule has 1 unspecified atom stereocenters. The predicted molar refractivity (Wildman–Crippen MR) is 80.9 cm³/mol. The van der Waals surface area contributed by atoms with E-state index in [1.807, 2.05) is 19.4 Å². The molecule has 0 saturated carbocycles. The highest BCUT2D eigenvalue weighted by Gasteiger charge is 2.19. The van der Waals surface area contributed by atoms with Crippen molar-refractivity contribution in [3.05, 3.63) is 17.0 Å². The normalized spacial score (nSPS) is 13.9. The molecule has 2 N–H and O–H groups in total. The van der Waals surface area contributed by atoms with Crippen LogP contribution in [0.4, 0.5) is 0 Å². The predicted octanol–water partition coefficient (Wildman–Crippen LogP) is 2.57. The lowest BCUT2D eigenvalue weighted by Gasteiger charge is -2.14. The third-order valence-corrected chi connectivity index (χ3v) is 5.89. The molecule has 19 heavy (non-hydrogen) atoms. The van der Waals surface area contributed by atoms with Gasteiger partial charge in [0.25, 0.3) is 0 Å². The SMILES string of the molecule is CNCc1csc(S(=O)(=O)NC(C)CCC(C)C)c1. The zero-order valence-electron chi connectivity index (χ0n) is 12.1. The lowest BCUT2D eigenvalue weighted by Crippen LogP contribution is -2.32. The summed E-state index contributed by atoms with van der Waals surface area (Å²) in [5.74, 6) is 0.593. The molecule has 6 heteroatoms. The van der Waals surface area contributed by atoms with Gasteiger partial charge in [-0.1, -0.05) is 13.8 Å². The van der Waals surface area contributed by atoms with Gasteiger partial charge in [-0.25, -0.2) is 13.1 Å². The number of sulfonamides is 1. The van der Waals surface area contributed by atoms with Crippen LogP contribution in [0.25, 0.3) is 0 Å². The molecule has 0 bridgehead atoms. The minimum absolute atomic E-state index is 0.0257. The summed E-state index contributed by atoms with van der Waals surface area (Å²) in [6.45, 7) is 6.89. The minimum atomic E-state index is -3.36. The maximum atomic E-state index is 12.2. The number of hydrogen-bond donors (Lipinski definition) is 2. The van der Waals surface area contributed by atoms with Gasteiger partial charge in [-0.2, -0.15) is 0 Å². The highest BCUT2D eigenvalue weighted by atomic mass is 32.2. The van der Waals surface area contributed by atoms with Gasteiger partial charge in [0, 0.05) is 12.6 Å². The average molecular weight is 304 g/mol.